The molecule has 0 aliphatic heterocycles. The first-order chi connectivity index (χ1) is 15.5. The monoisotopic (exact) mass is 461 g/mol. The molecule has 0 spiro atoms. The molecular formula is C21H31N7O3S. The molecule has 3 aliphatic carbocycles. The minimum atomic E-state index is -1.46. The number of fused-ring (bicyclic) bond motifs is 1. The lowest BCUT2D eigenvalue weighted by Crippen LogP contribution is -2.56. The van der Waals surface area contributed by atoms with Gasteiger partial charge in [0.1, 0.15) is 6.10 Å². The van der Waals surface area contributed by atoms with Gasteiger partial charge in [-0.05, 0) is 45.4 Å². The number of aromatic nitrogens is 5. The number of thioether (sulfide) groups is 1. The Balaban J connectivity index is 1.60. The van der Waals surface area contributed by atoms with Gasteiger partial charge in [0.2, 0.25) is 0 Å². The average Bonchev–Trinajstić information content (AvgIpc) is 3.42. The topological polar surface area (TPSA) is 138 Å². The van der Waals surface area contributed by atoms with Crippen molar-refractivity contribution in [1.82, 2.24) is 30.3 Å². The van der Waals surface area contributed by atoms with Crippen LogP contribution in [0.2, 0.25) is 0 Å². The van der Waals surface area contributed by atoms with E-state index in [-0.39, 0.29) is 12.3 Å². The summed E-state index contributed by atoms with van der Waals surface area (Å²) in [5, 5.41) is 37.2. The second kappa shape index (κ2) is 8.75. The second-order valence-corrected chi connectivity index (χ2v) is 10.4. The lowest BCUT2D eigenvalue weighted by Gasteiger charge is -2.31. The van der Waals surface area contributed by atoms with Gasteiger partial charge in [-0.15, -0.1) is 5.10 Å². The van der Waals surface area contributed by atoms with Crippen LogP contribution in [0.15, 0.2) is 5.16 Å². The van der Waals surface area contributed by atoms with Gasteiger partial charge in [0.25, 0.3) is 5.91 Å². The molecule has 11 heteroatoms. The van der Waals surface area contributed by atoms with Crippen LogP contribution in [0.25, 0.3) is 11.2 Å². The summed E-state index contributed by atoms with van der Waals surface area (Å²) in [4.78, 5) is 22.8. The average molecular weight is 462 g/mol. The highest BCUT2D eigenvalue weighted by Gasteiger charge is 2.56. The van der Waals surface area contributed by atoms with Crippen molar-refractivity contribution in [2.45, 2.75) is 98.9 Å². The summed E-state index contributed by atoms with van der Waals surface area (Å²) in [6, 6.07) is 0.363. The number of amides is 1. The summed E-state index contributed by atoms with van der Waals surface area (Å²) in [6.07, 6.45) is 6.39. The molecule has 1 amide bonds. The maximum atomic E-state index is 13.2. The summed E-state index contributed by atoms with van der Waals surface area (Å²) >= 11 is 1.67. The Morgan fingerprint density at radius 2 is 1.94 bits per heavy atom. The number of carbonyl (C=O) groups is 1. The Hall–Kier alpha value is -1.98. The second-order valence-electron chi connectivity index (χ2n) is 9.16. The Bertz CT molecular complexity index is 991. The molecule has 3 aliphatic rings. The number of rotatable bonds is 7. The van der Waals surface area contributed by atoms with Crippen molar-refractivity contribution in [3.63, 3.8) is 0 Å². The zero-order chi connectivity index (χ0) is 22.3. The van der Waals surface area contributed by atoms with Gasteiger partial charge in [-0.2, -0.15) is 0 Å². The fraction of sp³-hybridized carbons (Fsp3) is 0.762. The normalized spacial score (nSPS) is 28.8. The number of nitrogens with zero attached hydrogens (tertiary/aromatic N) is 5. The molecule has 3 saturated carbocycles. The van der Waals surface area contributed by atoms with E-state index in [2.05, 4.69) is 20.9 Å². The van der Waals surface area contributed by atoms with Crippen LogP contribution < -0.4 is 10.6 Å². The summed E-state index contributed by atoms with van der Waals surface area (Å²) < 4.78 is 1.43. The van der Waals surface area contributed by atoms with Gasteiger partial charge < -0.3 is 20.8 Å². The fourth-order valence-corrected chi connectivity index (χ4v) is 6.00. The van der Waals surface area contributed by atoms with E-state index in [9.17, 15) is 15.0 Å². The van der Waals surface area contributed by atoms with Crippen LogP contribution in [0.3, 0.4) is 0 Å². The predicted molar refractivity (Wildman–Crippen MR) is 120 cm³/mol. The minimum absolute atomic E-state index is 0.250. The van der Waals surface area contributed by atoms with Gasteiger partial charge in [0.05, 0.1) is 6.10 Å². The molecule has 4 N–H and O–H groups in total. The quantitative estimate of drug-likeness (QED) is 0.453. The molecule has 5 rings (SSSR count). The molecule has 10 nitrogen and oxygen atoms in total. The standard InChI is InChI=1S/C21H31N7O3S/c1-2-22-19(31)21(11-10-14(29)16(21)30)28-18-15(26-27-28)17(23-12-8-9-12)24-20(25-18)32-13-6-4-3-5-7-13/h12-14,16,29-30H,2-11H2,1H3,(H,22,31)(H,23,24,25)/t14-,16-,21?/m0/s1. The maximum Gasteiger partial charge on any atom is 0.250 e. The molecular weight excluding hydrogens is 430 g/mol. The van der Waals surface area contributed by atoms with E-state index in [1.807, 2.05) is 6.92 Å². The van der Waals surface area contributed by atoms with Crippen molar-refractivity contribution in [2.75, 3.05) is 11.9 Å². The first-order valence-electron chi connectivity index (χ1n) is 11.7. The number of aliphatic hydroxyl groups is 2. The number of aliphatic hydroxyl groups excluding tert-OH is 2. The van der Waals surface area contributed by atoms with Crippen LogP contribution in [0, 0.1) is 0 Å². The number of hydrogen-bond acceptors (Lipinski definition) is 9. The summed E-state index contributed by atoms with van der Waals surface area (Å²) in [7, 11) is 0. The number of hydrogen-bond donors (Lipinski definition) is 4. The Morgan fingerprint density at radius 1 is 1.16 bits per heavy atom. The van der Waals surface area contributed by atoms with Crippen molar-refractivity contribution in [1.29, 1.82) is 0 Å². The third kappa shape index (κ3) is 3.84. The lowest BCUT2D eigenvalue weighted by molar-refractivity contribution is -0.137. The predicted octanol–water partition coefficient (Wildman–Crippen LogP) is 1.57. The molecule has 32 heavy (non-hydrogen) atoms. The van der Waals surface area contributed by atoms with E-state index >= 15 is 0 Å². The van der Waals surface area contributed by atoms with Crippen LogP contribution in [0.5, 0.6) is 0 Å². The molecule has 2 heterocycles. The van der Waals surface area contributed by atoms with E-state index in [0.29, 0.717) is 46.4 Å². The molecule has 1 unspecified atom stereocenters. The van der Waals surface area contributed by atoms with E-state index in [0.717, 1.165) is 25.7 Å². The number of anilines is 1. The Morgan fingerprint density at radius 3 is 2.59 bits per heavy atom. The molecule has 3 fully saturated rings. The molecule has 174 valence electrons. The fourth-order valence-electron chi connectivity index (χ4n) is 4.85. The van der Waals surface area contributed by atoms with Gasteiger partial charge >= 0.3 is 0 Å². The van der Waals surface area contributed by atoms with Crippen molar-refractivity contribution < 1.29 is 15.0 Å². The number of carbonyl (C=O) groups excluding carboxylic acids is 1. The smallest absolute Gasteiger partial charge is 0.250 e. The maximum absolute atomic E-state index is 13.2. The van der Waals surface area contributed by atoms with Crippen molar-refractivity contribution in [2.24, 2.45) is 0 Å². The molecule has 2 aromatic heterocycles. The third-order valence-electron chi connectivity index (χ3n) is 6.81. The van der Waals surface area contributed by atoms with Crippen molar-refractivity contribution in [3.8, 4) is 0 Å². The summed E-state index contributed by atoms with van der Waals surface area (Å²) in [5.74, 6) is 0.244. The lowest BCUT2D eigenvalue weighted by atomic mass is 9.93. The highest BCUT2D eigenvalue weighted by Crippen LogP contribution is 2.40. The number of nitrogens with one attached hydrogen (secondary N) is 2. The molecule has 0 aromatic carbocycles. The van der Waals surface area contributed by atoms with Crippen molar-refractivity contribution in [3.05, 3.63) is 0 Å². The minimum Gasteiger partial charge on any atom is -0.390 e. The van der Waals surface area contributed by atoms with Crippen molar-refractivity contribution >= 4 is 34.7 Å². The van der Waals surface area contributed by atoms with Gasteiger partial charge in [0.15, 0.2) is 27.7 Å². The Labute approximate surface area is 191 Å². The van der Waals surface area contributed by atoms with E-state index < -0.39 is 17.7 Å². The zero-order valence-corrected chi connectivity index (χ0v) is 19.1. The SMILES string of the molecule is CCNC(=O)C1(n2nnc3c(NC4CC4)nc(SC4CCCCC4)nc32)CC[C@H](O)[C@@H]1O. The molecule has 0 radical (unpaired) electrons. The van der Waals surface area contributed by atoms with Crippen LogP contribution >= 0.6 is 11.8 Å². The van der Waals surface area contributed by atoms with Crippen LogP contribution in [-0.4, -0.2) is 71.1 Å². The Kier molecular flexibility index (Phi) is 5.98. The van der Waals surface area contributed by atoms with E-state index in [1.165, 1.54) is 23.9 Å². The molecule has 0 saturated heterocycles. The van der Waals surface area contributed by atoms with Gasteiger partial charge in [0, 0.05) is 17.8 Å². The first-order valence-corrected chi connectivity index (χ1v) is 12.6. The zero-order valence-electron chi connectivity index (χ0n) is 18.3. The largest absolute Gasteiger partial charge is 0.390 e. The van der Waals surface area contributed by atoms with Crippen LogP contribution in [-0.2, 0) is 10.3 Å². The number of likely N-dealkylation sites (N-methyl/N-ethyl adjacent to an activating group) is 1. The highest BCUT2D eigenvalue weighted by atomic mass is 32.2. The third-order valence-corrected chi connectivity index (χ3v) is 8.00. The highest BCUT2D eigenvalue weighted by molar-refractivity contribution is 7.99. The molecule has 3 atom stereocenters. The van der Waals surface area contributed by atoms with Gasteiger partial charge in [-0.3, -0.25) is 4.79 Å². The van der Waals surface area contributed by atoms with Crippen LogP contribution in [0.4, 0.5) is 5.82 Å². The molecule has 0 bridgehead atoms. The van der Waals surface area contributed by atoms with Gasteiger partial charge in [-0.25, -0.2) is 14.6 Å². The molecule has 2 aromatic rings. The van der Waals surface area contributed by atoms with Gasteiger partial charge in [-0.1, -0.05) is 36.2 Å². The van der Waals surface area contributed by atoms with E-state index in [1.54, 1.807) is 11.8 Å². The van der Waals surface area contributed by atoms with Crippen LogP contribution in [0.1, 0.15) is 64.7 Å². The first kappa shape index (κ1) is 21.8. The summed E-state index contributed by atoms with van der Waals surface area (Å²) in [5.41, 5.74) is -0.551. The summed E-state index contributed by atoms with van der Waals surface area (Å²) in [6.45, 7) is 2.23. The van der Waals surface area contributed by atoms with E-state index in [4.69, 9.17) is 9.97 Å².